The van der Waals surface area contributed by atoms with Gasteiger partial charge in [-0.25, -0.2) is 0 Å². The van der Waals surface area contributed by atoms with Crippen molar-refractivity contribution in [2.75, 3.05) is 13.1 Å². The molecule has 2 amide bonds. The summed E-state index contributed by atoms with van der Waals surface area (Å²) in [5, 5.41) is 3.05. The number of rotatable bonds is 2. The van der Waals surface area contributed by atoms with E-state index in [4.69, 9.17) is 0 Å². The Balaban J connectivity index is 1.68. The van der Waals surface area contributed by atoms with E-state index in [-0.39, 0.29) is 11.8 Å². The van der Waals surface area contributed by atoms with E-state index in [1.807, 2.05) is 4.90 Å². The van der Waals surface area contributed by atoms with Gasteiger partial charge in [-0.05, 0) is 37.5 Å². The number of nitrogens with zero attached hydrogens (tertiary/aromatic N) is 1. The molecule has 0 atom stereocenters. The number of hydrogen-bond acceptors (Lipinski definition) is 2. The van der Waals surface area contributed by atoms with Crippen LogP contribution in [0.2, 0.25) is 0 Å². The van der Waals surface area contributed by atoms with Crippen LogP contribution in [0.3, 0.4) is 0 Å². The highest BCUT2D eigenvalue weighted by Gasteiger charge is 2.46. The standard InChI is InChI=1S/C17H28N2O2/c1-13-4-6-14(7-5-13)12-19-11-8-15(20)18-17(16(19)21)9-2-3-10-17/h13-14H,2-12H2,1H3,(H,18,20). The summed E-state index contributed by atoms with van der Waals surface area (Å²) in [6.45, 7) is 3.80. The van der Waals surface area contributed by atoms with Gasteiger partial charge in [0.25, 0.3) is 0 Å². The van der Waals surface area contributed by atoms with Gasteiger partial charge < -0.3 is 10.2 Å². The third kappa shape index (κ3) is 3.09. The molecular weight excluding hydrogens is 264 g/mol. The highest BCUT2D eigenvalue weighted by atomic mass is 16.2. The Labute approximate surface area is 127 Å². The number of carbonyl (C=O) groups excluding carboxylic acids is 2. The molecular formula is C17H28N2O2. The maximum Gasteiger partial charge on any atom is 0.248 e. The summed E-state index contributed by atoms with van der Waals surface area (Å²) < 4.78 is 0. The molecule has 0 aromatic heterocycles. The molecule has 1 spiro atoms. The van der Waals surface area contributed by atoms with E-state index in [1.54, 1.807) is 0 Å². The molecule has 4 nitrogen and oxygen atoms in total. The van der Waals surface area contributed by atoms with Crippen molar-refractivity contribution in [2.24, 2.45) is 11.8 Å². The summed E-state index contributed by atoms with van der Waals surface area (Å²) in [7, 11) is 0. The zero-order valence-electron chi connectivity index (χ0n) is 13.2. The predicted molar refractivity (Wildman–Crippen MR) is 81.7 cm³/mol. The lowest BCUT2D eigenvalue weighted by Gasteiger charge is -2.35. The number of amides is 2. The summed E-state index contributed by atoms with van der Waals surface area (Å²) >= 11 is 0. The number of carbonyl (C=O) groups is 2. The quantitative estimate of drug-likeness (QED) is 0.850. The van der Waals surface area contributed by atoms with Crippen LogP contribution in [0.25, 0.3) is 0 Å². The van der Waals surface area contributed by atoms with Crippen LogP contribution >= 0.6 is 0 Å². The Morgan fingerprint density at radius 3 is 2.48 bits per heavy atom. The molecule has 0 bridgehead atoms. The molecule has 0 aromatic carbocycles. The molecule has 0 unspecified atom stereocenters. The van der Waals surface area contributed by atoms with Gasteiger partial charge in [0.05, 0.1) is 0 Å². The Morgan fingerprint density at radius 2 is 1.81 bits per heavy atom. The topological polar surface area (TPSA) is 49.4 Å². The van der Waals surface area contributed by atoms with Crippen molar-refractivity contribution in [1.29, 1.82) is 0 Å². The summed E-state index contributed by atoms with van der Waals surface area (Å²) in [5.41, 5.74) is -0.560. The summed E-state index contributed by atoms with van der Waals surface area (Å²) in [5.74, 6) is 1.73. The van der Waals surface area contributed by atoms with Crippen molar-refractivity contribution >= 4 is 11.8 Å². The van der Waals surface area contributed by atoms with E-state index in [0.717, 1.165) is 38.1 Å². The minimum absolute atomic E-state index is 0.0602. The third-order valence-corrected chi connectivity index (χ3v) is 5.76. The first kappa shape index (κ1) is 14.9. The van der Waals surface area contributed by atoms with Crippen molar-refractivity contribution in [3.63, 3.8) is 0 Å². The first-order chi connectivity index (χ1) is 10.1. The highest BCUT2D eigenvalue weighted by molar-refractivity contribution is 5.93. The summed E-state index contributed by atoms with van der Waals surface area (Å²) in [6, 6.07) is 0. The Bertz CT molecular complexity index is 407. The molecule has 1 N–H and O–H groups in total. The monoisotopic (exact) mass is 292 g/mol. The molecule has 21 heavy (non-hydrogen) atoms. The smallest absolute Gasteiger partial charge is 0.248 e. The van der Waals surface area contributed by atoms with Crippen LogP contribution in [-0.2, 0) is 9.59 Å². The second kappa shape index (κ2) is 5.98. The van der Waals surface area contributed by atoms with Crippen LogP contribution in [-0.4, -0.2) is 35.3 Å². The van der Waals surface area contributed by atoms with Gasteiger partial charge in [-0.15, -0.1) is 0 Å². The van der Waals surface area contributed by atoms with Crippen LogP contribution < -0.4 is 5.32 Å². The van der Waals surface area contributed by atoms with E-state index >= 15 is 0 Å². The van der Waals surface area contributed by atoms with Crippen molar-refractivity contribution in [2.45, 2.75) is 70.3 Å². The molecule has 1 aliphatic heterocycles. The van der Waals surface area contributed by atoms with Gasteiger partial charge in [0.2, 0.25) is 11.8 Å². The normalized spacial score (nSPS) is 33.1. The Morgan fingerprint density at radius 1 is 1.14 bits per heavy atom. The van der Waals surface area contributed by atoms with Crippen molar-refractivity contribution in [3.8, 4) is 0 Å². The molecule has 3 rings (SSSR count). The largest absolute Gasteiger partial charge is 0.342 e. The van der Waals surface area contributed by atoms with Gasteiger partial charge in [-0.3, -0.25) is 9.59 Å². The molecule has 2 saturated carbocycles. The van der Waals surface area contributed by atoms with E-state index in [9.17, 15) is 9.59 Å². The fourth-order valence-electron chi connectivity index (χ4n) is 4.34. The van der Waals surface area contributed by atoms with E-state index in [0.29, 0.717) is 18.9 Å². The van der Waals surface area contributed by atoms with Gasteiger partial charge in [-0.2, -0.15) is 0 Å². The van der Waals surface area contributed by atoms with Crippen LogP contribution in [0, 0.1) is 11.8 Å². The lowest BCUT2D eigenvalue weighted by atomic mass is 9.82. The van der Waals surface area contributed by atoms with Crippen molar-refractivity contribution < 1.29 is 9.59 Å². The van der Waals surface area contributed by atoms with Crippen LogP contribution in [0.15, 0.2) is 0 Å². The summed E-state index contributed by atoms with van der Waals surface area (Å²) in [6.07, 6.45) is 9.28. The molecule has 1 heterocycles. The Kier molecular flexibility index (Phi) is 4.23. The zero-order chi connectivity index (χ0) is 14.9. The lowest BCUT2D eigenvalue weighted by molar-refractivity contribution is -0.139. The van der Waals surface area contributed by atoms with Crippen molar-refractivity contribution in [1.82, 2.24) is 10.2 Å². The Hall–Kier alpha value is -1.06. The van der Waals surface area contributed by atoms with Gasteiger partial charge >= 0.3 is 0 Å². The molecule has 0 radical (unpaired) electrons. The third-order valence-electron chi connectivity index (χ3n) is 5.76. The first-order valence-corrected chi connectivity index (χ1v) is 8.69. The van der Waals surface area contributed by atoms with Crippen LogP contribution in [0.1, 0.15) is 64.7 Å². The lowest BCUT2D eigenvalue weighted by Crippen LogP contribution is -2.56. The fraction of sp³-hybridized carbons (Fsp3) is 0.882. The van der Waals surface area contributed by atoms with E-state index < -0.39 is 5.54 Å². The van der Waals surface area contributed by atoms with Gasteiger partial charge in [0, 0.05) is 19.5 Å². The van der Waals surface area contributed by atoms with E-state index in [1.165, 1.54) is 25.7 Å². The first-order valence-electron chi connectivity index (χ1n) is 8.69. The summed E-state index contributed by atoms with van der Waals surface area (Å²) in [4.78, 5) is 26.9. The fourth-order valence-corrected chi connectivity index (χ4v) is 4.34. The molecule has 2 aliphatic carbocycles. The SMILES string of the molecule is CC1CCC(CN2CCC(=O)NC3(CCCC3)C2=O)CC1. The minimum atomic E-state index is -0.560. The van der Waals surface area contributed by atoms with Crippen molar-refractivity contribution in [3.05, 3.63) is 0 Å². The molecule has 3 aliphatic rings. The number of nitrogens with one attached hydrogen (secondary N) is 1. The van der Waals surface area contributed by atoms with Crippen LogP contribution in [0.5, 0.6) is 0 Å². The number of hydrogen-bond donors (Lipinski definition) is 1. The maximum absolute atomic E-state index is 13.0. The molecule has 118 valence electrons. The predicted octanol–water partition coefficient (Wildman–Crippen LogP) is 2.47. The van der Waals surface area contributed by atoms with Crippen LogP contribution in [0.4, 0.5) is 0 Å². The van der Waals surface area contributed by atoms with Gasteiger partial charge in [0.15, 0.2) is 0 Å². The van der Waals surface area contributed by atoms with Gasteiger partial charge in [-0.1, -0.05) is 32.6 Å². The average Bonchev–Trinajstić information content (AvgIpc) is 2.90. The molecule has 0 aromatic rings. The minimum Gasteiger partial charge on any atom is -0.342 e. The van der Waals surface area contributed by atoms with Gasteiger partial charge in [0.1, 0.15) is 5.54 Å². The maximum atomic E-state index is 13.0. The second-order valence-corrected chi connectivity index (χ2v) is 7.46. The second-order valence-electron chi connectivity index (χ2n) is 7.46. The van der Waals surface area contributed by atoms with E-state index in [2.05, 4.69) is 12.2 Å². The molecule has 4 heteroatoms. The molecule has 3 fully saturated rings. The average molecular weight is 292 g/mol. The highest BCUT2D eigenvalue weighted by Crippen LogP contribution is 2.34. The molecule has 1 saturated heterocycles. The zero-order valence-corrected chi connectivity index (χ0v) is 13.2.